The summed E-state index contributed by atoms with van der Waals surface area (Å²) in [5.41, 5.74) is 0.733. The highest BCUT2D eigenvalue weighted by Crippen LogP contribution is 2.38. The number of halogens is 1. The summed E-state index contributed by atoms with van der Waals surface area (Å²) in [5, 5.41) is 4.50. The van der Waals surface area contributed by atoms with Crippen molar-refractivity contribution in [3.05, 3.63) is 23.0 Å². The van der Waals surface area contributed by atoms with E-state index in [0.717, 1.165) is 12.1 Å². The van der Waals surface area contributed by atoms with E-state index in [1.54, 1.807) is 26.4 Å². The molecule has 0 N–H and O–H groups in total. The van der Waals surface area contributed by atoms with Crippen LogP contribution in [0.5, 0.6) is 11.5 Å². The molecule has 1 fully saturated rings. The second kappa shape index (κ2) is 6.76. The van der Waals surface area contributed by atoms with Gasteiger partial charge < -0.3 is 14.0 Å². The normalized spacial score (nSPS) is 18.3. The van der Waals surface area contributed by atoms with E-state index in [1.807, 2.05) is 0 Å². The molecule has 0 radical (unpaired) electrons. The van der Waals surface area contributed by atoms with Gasteiger partial charge in [-0.3, -0.25) is 4.90 Å². The van der Waals surface area contributed by atoms with E-state index in [0.29, 0.717) is 40.8 Å². The van der Waals surface area contributed by atoms with E-state index in [2.05, 4.69) is 22.0 Å². The standard InChI is InChI=1S/C16H20ClN3O3/c1-10-5-4-6-20(10)9-14-18-16(19-23-14)11-7-12(17)15(22-3)13(8-11)21-2/h7-8,10H,4-6,9H2,1-3H3/t10-/m0/s1. The third-order valence-electron chi connectivity index (χ3n) is 4.19. The van der Waals surface area contributed by atoms with Crippen LogP contribution in [0.1, 0.15) is 25.7 Å². The molecule has 6 nitrogen and oxygen atoms in total. The number of benzene rings is 1. The van der Waals surface area contributed by atoms with Gasteiger partial charge in [0.25, 0.3) is 0 Å². The van der Waals surface area contributed by atoms with Crippen molar-refractivity contribution in [2.45, 2.75) is 32.4 Å². The molecule has 0 bridgehead atoms. The van der Waals surface area contributed by atoms with E-state index < -0.39 is 0 Å². The molecule has 0 amide bonds. The summed E-state index contributed by atoms with van der Waals surface area (Å²) in [6.45, 7) is 3.97. The summed E-state index contributed by atoms with van der Waals surface area (Å²) < 4.78 is 15.9. The largest absolute Gasteiger partial charge is 0.493 e. The molecule has 1 saturated heterocycles. The first-order valence-corrected chi connectivity index (χ1v) is 7.98. The molecule has 0 spiro atoms. The van der Waals surface area contributed by atoms with Crippen LogP contribution in [-0.4, -0.2) is 41.8 Å². The third kappa shape index (κ3) is 3.28. The zero-order valence-electron chi connectivity index (χ0n) is 13.5. The van der Waals surface area contributed by atoms with Crippen LogP contribution in [0.3, 0.4) is 0 Å². The van der Waals surface area contributed by atoms with Crippen molar-refractivity contribution in [3.63, 3.8) is 0 Å². The van der Waals surface area contributed by atoms with Gasteiger partial charge in [-0.15, -0.1) is 0 Å². The quantitative estimate of drug-likeness (QED) is 0.833. The van der Waals surface area contributed by atoms with E-state index in [4.69, 9.17) is 25.6 Å². The minimum atomic E-state index is 0.446. The summed E-state index contributed by atoms with van der Waals surface area (Å²) in [6.07, 6.45) is 2.43. The zero-order valence-corrected chi connectivity index (χ0v) is 14.3. The van der Waals surface area contributed by atoms with Crippen LogP contribution in [0.4, 0.5) is 0 Å². The number of methoxy groups -OCH3 is 2. The Morgan fingerprint density at radius 3 is 2.83 bits per heavy atom. The number of rotatable bonds is 5. The molecule has 1 aliphatic rings. The second-order valence-electron chi connectivity index (χ2n) is 5.67. The molecule has 1 aromatic heterocycles. The Kier molecular flexibility index (Phi) is 4.73. The SMILES string of the molecule is COc1cc(-c2noc(CN3CCC[C@@H]3C)n2)cc(Cl)c1OC. The Bertz CT molecular complexity index is 689. The Morgan fingerprint density at radius 2 is 2.17 bits per heavy atom. The van der Waals surface area contributed by atoms with Crippen LogP contribution < -0.4 is 9.47 Å². The van der Waals surface area contributed by atoms with E-state index in [-0.39, 0.29) is 0 Å². The first-order valence-electron chi connectivity index (χ1n) is 7.61. The predicted octanol–water partition coefficient (Wildman–Crippen LogP) is 3.39. The molecule has 1 atom stereocenters. The molecular weight excluding hydrogens is 318 g/mol. The minimum Gasteiger partial charge on any atom is -0.493 e. The molecule has 23 heavy (non-hydrogen) atoms. The van der Waals surface area contributed by atoms with Gasteiger partial charge in [0.05, 0.1) is 25.8 Å². The molecule has 0 unspecified atom stereocenters. The molecular formula is C16H20ClN3O3. The molecule has 7 heteroatoms. The Hall–Kier alpha value is -1.79. The lowest BCUT2D eigenvalue weighted by molar-refractivity contribution is 0.221. The number of ether oxygens (including phenoxy) is 2. The van der Waals surface area contributed by atoms with Gasteiger partial charge in [-0.2, -0.15) is 4.98 Å². The Labute approximate surface area is 140 Å². The van der Waals surface area contributed by atoms with Crippen molar-refractivity contribution < 1.29 is 14.0 Å². The lowest BCUT2D eigenvalue weighted by Crippen LogP contribution is -2.26. The van der Waals surface area contributed by atoms with Crippen molar-refractivity contribution in [2.75, 3.05) is 20.8 Å². The number of nitrogens with zero attached hydrogens (tertiary/aromatic N) is 3. The second-order valence-corrected chi connectivity index (χ2v) is 6.07. The summed E-state index contributed by atoms with van der Waals surface area (Å²) in [7, 11) is 3.11. The molecule has 0 saturated carbocycles. The van der Waals surface area contributed by atoms with E-state index in [9.17, 15) is 0 Å². The Morgan fingerprint density at radius 1 is 1.35 bits per heavy atom. The molecule has 0 aliphatic carbocycles. The summed E-state index contributed by atoms with van der Waals surface area (Å²) in [6, 6.07) is 4.09. The lowest BCUT2D eigenvalue weighted by Gasteiger charge is -2.17. The highest BCUT2D eigenvalue weighted by molar-refractivity contribution is 6.32. The van der Waals surface area contributed by atoms with Crippen LogP contribution in [0.25, 0.3) is 11.4 Å². The third-order valence-corrected chi connectivity index (χ3v) is 4.47. The van der Waals surface area contributed by atoms with Gasteiger partial charge in [0.2, 0.25) is 11.7 Å². The Balaban J connectivity index is 1.84. The molecule has 124 valence electrons. The van der Waals surface area contributed by atoms with E-state index in [1.165, 1.54) is 12.8 Å². The van der Waals surface area contributed by atoms with Crippen LogP contribution in [-0.2, 0) is 6.54 Å². The maximum atomic E-state index is 6.23. The maximum Gasteiger partial charge on any atom is 0.241 e. The average Bonchev–Trinajstić information content (AvgIpc) is 3.16. The molecule has 2 heterocycles. The average molecular weight is 338 g/mol. The van der Waals surface area contributed by atoms with Crippen molar-refractivity contribution in [3.8, 4) is 22.9 Å². The van der Waals surface area contributed by atoms with E-state index >= 15 is 0 Å². The number of aromatic nitrogens is 2. The van der Waals surface area contributed by atoms with Crippen LogP contribution in [0, 0.1) is 0 Å². The van der Waals surface area contributed by atoms with Crippen LogP contribution >= 0.6 is 11.6 Å². The van der Waals surface area contributed by atoms with Gasteiger partial charge in [0.1, 0.15) is 0 Å². The van der Waals surface area contributed by atoms with Crippen molar-refractivity contribution in [1.82, 2.24) is 15.0 Å². The number of likely N-dealkylation sites (tertiary alicyclic amines) is 1. The lowest BCUT2D eigenvalue weighted by atomic mass is 10.2. The van der Waals surface area contributed by atoms with Gasteiger partial charge in [-0.25, -0.2) is 0 Å². The smallest absolute Gasteiger partial charge is 0.241 e. The van der Waals surface area contributed by atoms with Crippen LogP contribution in [0.2, 0.25) is 5.02 Å². The number of hydrogen-bond acceptors (Lipinski definition) is 6. The predicted molar refractivity (Wildman–Crippen MR) is 87.0 cm³/mol. The van der Waals surface area contributed by atoms with Crippen LogP contribution in [0.15, 0.2) is 16.7 Å². The van der Waals surface area contributed by atoms with Crippen molar-refractivity contribution in [2.24, 2.45) is 0 Å². The fraction of sp³-hybridized carbons (Fsp3) is 0.500. The van der Waals surface area contributed by atoms with Gasteiger partial charge in [0, 0.05) is 11.6 Å². The first-order chi connectivity index (χ1) is 11.1. The first kappa shape index (κ1) is 16.1. The molecule has 1 aromatic carbocycles. The summed E-state index contributed by atoms with van der Waals surface area (Å²) >= 11 is 6.23. The summed E-state index contributed by atoms with van der Waals surface area (Å²) in [4.78, 5) is 6.82. The monoisotopic (exact) mass is 337 g/mol. The topological polar surface area (TPSA) is 60.6 Å². The van der Waals surface area contributed by atoms with Gasteiger partial charge >= 0.3 is 0 Å². The maximum absolute atomic E-state index is 6.23. The molecule has 2 aromatic rings. The van der Waals surface area contributed by atoms with Crippen molar-refractivity contribution in [1.29, 1.82) is 0 Å². The highest BCUT2D eigenvalue weighted by atomic mass is 35.5. The zero-order chi connectivity index (χ0) is 16.4. The minimum absolute atomic E-state index is 0.446. The highest BCUT2D eigenvalue weighted by Gasteiger charge is 2.23. The molecule has 3 rings (SSSR count). The fourth-order valence-electron chi connectivity index (χ4n) is 2.88. The number of hydrogen-bond donors (Lipinski definition) is 0. The molecule has 1 aliphatic heterocycles. The van der Waals surface area contributed by atoms with Gasteiger partial charge in [-0.05, 0) is 38.4 Å². The summed E-state index contributed by atoms with van der Waals surface area (Å²) in [5.74, 6) is 2.14. The fourth-order valence-corrected chi connectivity index (χ4v) is 3.17. The van der Waals surface area contributed by atoms with Crippen molar-refractivity contribution >= 4 is 11.6 Å². The van der Waals surface area contributed by atoms with Gasteiger partial charge in [0.15, 0.2) is 11.5 Å². The van der Waals surface area contributed by atoms with Gasteiger partial charge in [-0.1, -0.05) is 16.8 Å².